The highest BCUT2D eigenvalue weighted by atomic mass is 79.9. The van der Waals surface area contributed by atoms with E-state index in [2.05, 4.69) is 35.2 Å². The zero-order valence-electron chi connectivity index (χ0n) is 10.3. The van der Waals surface area contributed by atoms with Gasteiger partial charge in [0.15, 0.2) is 0 Å². The lowest BCUT2D eigenvalue weighted by atomic mass is 9.91. The van der Waals surface area contributed by atoms with Crippen LogP contribution >= 0.6 is 15.9 Å². The molecule has 0 aliphatic carbocycles. The van der Waals surface area contributed by atoms with Crippen molar-refractivity contribution in [3.05, 3.63) is 34.1 Å². The van der Waals surface area contributed by atoms with Gasteiger partial charge in [0.05, 0.1) is 0 Å². The number of nitrogens with two attached hydrogens (primary N) is 1. The van der Waals surface area contributed by atoms with Gasteiger partial charge in [-0.05, 0) is 30.5 Å². The Hall–Kier alpha value is -0.450. The second kappa shape index (κ2) is 7.09. The summed E-state index contributed by atoms with van der Waals surface area (Å²) in [6.45, 7) is 4.30. The van der Waals surface area contributed by atoms with Gasteiger partial charge in [0.1, 0.15) is 5.82 Å². The van der Waals surface area contributed by atoms with E-state index in [1.54, 1.807) is 12.1 Å². The molecule has 1 aromatic carbocycles. The molecule has 1 aromatic rings. The Morgan fingerprint density at radius 1 is 1.35 bits per heavy atom. The quantitative estimate of drug-likeness (QED) is 0.617. The minimum atomic E-state index is -0.206. The lowest BCUT2D eigenvalue weighted by molar-refractivity contribution is 0.367. The zero-order chi connectivity index (χ0) is 12.8. The molecule has 0 aliphatic heterocycles. The van der Waals surface area contributed by atoms with E-state index in [0.717, 1.165) is 23.7 Å². The van der Waals surface area contributed by atoms with Crippen molar-refractivity contribution in [2.45, 2.75) is 39.2 Å². The van der Waals surface area contributed by atoms with Crippen molar-refractivity contribution in [2.75, 3.05) is 0 Å². The molecule has 17 heavy (non-hydrogen) atoms. The highest BCUT2D eigenvalue weighted by Gasteiger charge is 2.18. The maximum absolute atomic E-state index is 13.7. The second-order valence-corrected chi connectivity index (χ2v) is 5.22. The van der Waals surface area contributed by atoms with Crippen molar-refractivity contribution in [1.82, 2.24) is 5.43 Å². The molecule has 0 saturated heterocycles. The van der Waals surface area contributed by atoms with Crippen LogP contribution in [0.5, 0.6) is 0 Å². The molecule has 0 bridgehead atoms. The predicted molar refractivity (Wildman–Crippen MR) is 72.9 cm³/mol. The van der Waals surface area contributed by atoms with Crippen molar-refractivity contribution >= 4 is 15.9 Å². The van der Waals surface area contributed by atoms with E-state index in [4.69, 9.17) is 5.84 Å². The number of nitrogens with one attached hydrogen (secondary N) is 1. The van der Waals surface area contributed by atoms with Gasteiger partial charge >= 0.3 is 0 Å². The van der Waals surface area contributed by atoms with Crippen LogP contribution in [0.3, 0.4) is 0 Å². The second-order valence-electron chi connectivity index (χ2n) is 4.30. The van der Waals surface area contributed by atoms with Crippen molar-refractivity contribution in [3.8, 4) is 0 Å². The normalized spacial score (nSPS) is 13.1. The molecule has 1 rings (SSSR count). The minimum absolute atomic E-state index is 0.127. The summed E-state index contributed by atoms with van der Waals surface area (Å²) in [5.41, 5.74) is 3.36. The molecule has 0 aliphatic rings. The molecule has 2 nitrogen and oxygen atoms in total. The van der Waals surface area contributed by atoms with Crippen LogP contribution in [0.2, 0.25) is 0 Å². The molecule has 0 spiro atoms. The summed E-state index contributed by atoms with van der Waals surface area (Å²) in [7, 11) is 0. The maximum Gasteiger partial charge on any atom is 0.128 e. The number of benzene rings is 1. The van der Waals surface area contributed by atoms with Gasteiger partial charge in [-0.2, -0.15) is 0 Å². The van der Waals surface area contributed by atoms with E-state index in [0.29, 0.717) is 11.5 Å². The van der Waals surface area contributed by atoms with Gasteiger partial charge in [0.2, 0.25) is 0 Å². The van der Waals surface area contributed by atoms with Gasteiger partial charge in [-0.25, -0.2) is 4.39 Å². The highest BCUT2D eigenvalue weighted by molar-refractivity contribution is 9.10. The molecule has 0 saturated carbocycles. The van der Waals surface area contributed by atoms with Crippen LogP contribution in [0.4, 0.5) is 4.39 Å². The van der Waals surface area contributed by atoms with Gasteiger partial charge in [0, 0.05) is 16.1 Å². The Morgan fingerprint density at radius 3 is 2.53 bits per heavy atom. The van der Waals surface area contributed by atoms with Crippen LogP contribution in [-0.2, 0) is 0 Å². The molecule has 0 radical (unpaired) electrons. The van der Waals surface area contributed by atoms with Gasteiger partial charge in [-0.1, -0.05) is 42.6 Å². The Balaban J connectivity index is 2.89. The molecule has 0 fully saturated rings. The van der Waals surface area contributed by atoms with E-state index >= 15 is 0 Å². The lowest BCUT2D eigenvalue weighted by Crippen LogP contribution is -2.30. The van der Waals surface area contributed by atoms with Crippen LogP contribution in [0.1, 0.15) is 44.7 Å². The molecule has 0 aromatic heterocycles. The Labute approximate surface area is 111 Å². The van der Waals surface area contributed by atoms with Crippen molar-refractivity contribution in [1.29, 1.82) is 0 Å². The van der Waals surface area contributed by atoms with Gasteiger partial charge in [-0.3, -0.25) is 11.3 Å². The third kappa shape index (κ3) is 4.05. The SMILES string of the molecule is CCC(CC)CC(NN)c1cc(Br)ccc1F. The number of halogens is 2. The summed E-state index contributed by atoms with van der Waals surface area (Å²) in [5, 5.41) is 0. The topological polar surface area (TPSA) is 38.0 Å². The van der Waals surface area contributed by atoms with E-state index < -0.39 is 0 Å². The van der Waals surface area contributed by atoms with Crippen molar-refractivity contribution in [3.63, 3.8) is 0 Å². The standard InChI is InChI=1S/C13H20BrFN2/c1-3-9(4-2)7-13(17-16)11-8-10(14)5-6-12(11)15/h5-6,8-9,13,17H,3-4,7,16H2,1-2H3. The number of hydrogen-bond acceptors (Lipinski definition) is 2. The lowest BCUT2D eigenvalue weighted by Gasteiger charge is -2.22. The third-order valence-electron chi connectivity index (χ3n) is 3.26. The summed E-state index contributed by atoms with van der Waals surface area (Å²) in [5.74, 6) is 5.91. The first-order valence-electron chi connectivity index (χ1n) is 6.03. The average Bonchev–Trinajstić information content (AvgIpc) is 2.34. The molecule has 3 N–H and O–H groups in total. The van der Waals surface area contributed by atoms with Crippen LogP contribution in [0, 0.1) is 11.7 Å². The van der Waals surface area contributed by atoms with Crippen LogP contribution in [0.25, 0.3) is 0 Å². The number of hydrazine groups is 1. The Morgan fingerprint density at radius 2 is 2.00 bits per heavy atom. The molecular formula is C13H20BrFN2. The first-order chi connectivity index (χ1) is 8.12. The molecular weight excluding hydrogens is 283 g/mol. The fraction of sp³-hybridized carbons (Fsp3) is 0.538. The Bertz CT molecular complexity index is 353. The van der Waals surface area contributed by atoms with Crippen molar-refractivity contribution in [2.24, 2.45) is 11.8 Å². The number of hydrogen-bond donors (Lipinski definition) is 2. The van der Waals surface area contributed by atoms with Crippen molar-refractivity contribution < 1.29 is 4.39 Å². The Kier molecular flexibility index (Phi) is 6.09. The van der Waals surface area contributed by atoms with Crippen LogP contribution in [0.15, 0.2) is 22.7 Å². The summed E-state index contributed by atoms with van der Waals surface area (Å²) in [6.07, 6.45) is 3.03. The summed E-state index contributed by atoms with van der Waals surface area (Å²) in [4.78, 5) is 0. The van der Waals surface area contributed by atoms with E-state index in [-0.39, 0.29) is 11.9 Å². The smallest absolute Gasteiger partial charge is 0.128 e. The molecule has 1 unspecified atom stereocenters. The first-order valence-corrected chi connectivity index (χ1v) is 6.82. The molecule has 96 valence electrons. The van der Waals surface area contributed by atoms with Gasteiger partial charge < -0.3 is 0 Å². The first kappa shape index (κ1) is 14.6. The monoisotopic (exact) mass is 302 g/mol. The minimum Gasteiger partial charge on any atom is -0.271 e. The zero-order valence-corrected chi connectivity index (χ0v) is 11.9. The maximum atomic E-state index is 13.7. The van der Waals surface area contributed by atoms with E-state index in [9.17, 15) is 4.39 Å². The largest absolute Gasteiger partial charge is 0.271 e. The molecule has 4 heteroatoms. The fourth-order valence-electron chi connectivity index (χ4n) is 2.02. The highest BCUT2D eigenvalue weighted by Crippen LogP contribution is 2.28. The molecule has 0 amide bonds. The van der Waals surface area contributed by atoms with Gasteiger partial charge in [-0.15, -0.1) is 0 Å². The average molecular weight is 303 g/mol. The summed E-state index contributed by atoms with van der Waals surface area (Å²) >= 11 is 3.36. The predicted octanol–water partition coefficient (Wildman–Crippen LogP) is 3.92. The molecule has 0 heterocycles. The molecule has 1 atom stereocenters. The van der Waals surface area contributed by atoms with Crippen LogP contribution in [-0.4, -0.2) is 0 Å². The fourth-order valence-corrected chi connectivity index (χ4v) is 2.40. The van der Waals surface area contributed by atoms with Crippen LogP contribution < -0.4 is 11.3 Å². The van der Waals surface area contributed by atoms with Gasteiger partial charge in [0.25, 0.3) is 0 Å². The summed E-state index contributed by atoms with van der Waals surface area (Å²) < 4.78 is 14.6. The van der Waals surface area contributed by atoms with E-state index in [1.165, 1.54) is 6.07 Å². The third-order valence-corrected chi connectivity index (χ3v) is 3.75. The van der Waals surface area contributed by atoms with E-state index in [1.807, 2.05) is 0 Å². The number of rotatable bonds is 6. The summed E-state index contributed by atoms with van der Waals surface area (Å²) in [6, 6.07) is 4.83.